The number of ketones is 1. The summed E-state index contributed by atoms with van der Waals surface area (Å²) in [7, 11) is 3.16. The first-order chi connectivity index (χ1) is 14.1. The predicted octanol–water partition coefficient (Wildman–Crippen LogP) is 4.49. The Kier molecular flexibility index (Phi) is 6.51. The summed E-state index contributed by atoms with van der Waals surface area (Å²) in [5.74, 6) is 0.228. The topological polar surface area (TPSA) is 88.6 Å². The molecular weight excluding hydrogens is 470 g/mol. The van der Waals surface area contributed by atoms with E-state index in [-0.39, 0.29) is 11.2 Å². The zero-order valence-corrected chi connectivity index (χ0v) is 19.9. The van der Waals surface area contributed by atoms with Crippen LogP contribution in [0.15, 0.2) is 39.3 Å². The molecule has 0 fully saturated rings. The van der Waals surface area contributed by atoms with Crippen LogP contribution in [0.2, 0.25) is 5.02 Å². The normalized spacial score (nSPS) is 20.9. The van der Waals surface area contributed by atoms with Gasteiger partial charge in [-0.1, -0.05) is 25.4 Å². The lowest BCUT2D eigenvalue weighted by molar-refractivity contribution is -0.118. The van der Waals surface area contributed by atoms with Gasteiger partial charge in [-0.15, -0.1) is 0 Å². The number of methoxy groups -OCH3 is 2. The number of hydrogen-bond acceptors (Lipinski definition) is 6. The van der Waals surface area contributed by atoms with Crippen LogP contribution in [0.4, 0.5) is 0 Å². The van der Waals surface area contributed by atoms with Gasteiger partial charge in [-0.05, 0) is 39.9 Å². The summed E-state index contributed by atoms with van der Waals surface area (Å²) in [5.41, 5.74) is 8.67. The van der Waals surface area contributed by atoms with E-state index in [1.807, 2.05) is 4.90 Å². The molecule has 6 nitrogen and oxygen atoms in total. The smallest absolute Gasteiger partial charge is 0.162 e. The number of nitrogens with zero attached hydrogens (tertiary/aromatic N) is 2. The van der Waals surface area contributed by atoms with Gasteiger partial charge in [0, 0.05) is 41.9 Å². The van der Waals surface area contributed by atoms with Crippen molar-refractivity contribution in [2.75, 3.05) is 27.4 Å². The van der Waals surface area contributed by atoms with Crippen LogP contribution in [0.1, 0.15) is 38.2 Å². The van der Waals surface area contributed by atoms with Crippen molar-refractivity contribution < 1.29 is 14.3 Å². The Morgan fingerprint density at radius 1 is 1.37 bits per heavy atom. The first-order valence-corrected chi connectivity index (χ1v) is 10.8. The highest BCUT2D eigenvalue weighted by molar-refractivity contribution is 9.10. The van der Waals surface area contributed by atoms with Crippen LogP contribution in [0.5, 0.6) is 5.75 Å². The lowest BCUT2D eigenvalue weighted by atomic mass is 9.68. The highest BCUT2D eigenvalue weighted by atomic mass is 79.9. The molecule has 0 unspecified atom stereocenters. The Balaban J connectivity index is 2.32. The zero-order valence-electron chi connectivity index (χ0n) is 17.5. The summed E-state index contributed by atoms with van der Waals surface area (Å²) in [5, 5.41) is 10.5. The molecule has 0 amide bonds. The van der Waals surface area contributed by atoms with Crippen LogP contribution in [0.3, 0.4) is 0 Å². The Bertz CT molecular complexity index is 994. The second-order valence-corrected chi connectivity index (χ2v) is 9.59. The number of nitrogens with two attached hydrogens (primary N) is 1. The molecule has 0 aromatic heterocycles. The average Bonchev–Trinajstić information content (AvgIpc) is 2.65. The number of carbonyl (C=O) groups excluding carboxylic acids is 1. The summed E-state index contributed by atoms with van der Waals surface area (Å²) in [6.45, 7) is 5.00. The maximum absolute atomic E-state index is 13.4. The highest BCUT2D eigenvalue weighted by Gasteiger charge is 2.45. The minimum absolute atomic E-state index is 0.00654. The molecular formula is C22H25BrClN3O3. The van der Waals surface area contributed by atoms with Crippen LogP contribution >= 0.6 is 27.5 Å². The Labute approximate surface area is 190 Å². The molecule has 1 heterocycles. The van der Waals surface area contributed by atoms with Gasteiger partial charge in [0.05, 0.1) is 35.7 Å². The van der Waals surface area contributed by atoms with Crippen molar-refractivity contribution in [3.05, 3.63) is 49.9 Å². The zero-order chi connectivity index (χ0) is 22.2. The standard InChI is InChI=1S/C22H25BrClN3O3/c1-22(2)9-16-19(17(28)10-22)18(13-7-12(24)8-15(23)20(13)30-4)14(11-25)21(26)27(16)5-6-29-3/h7-8,18H,5-6,9-10,26H2,1-4H3/t18-/m0/s1. The molecule has 0 radical (unpaired) electrons. The van der Waals surface area contributed by atoms with Crippen LogP contribution < -0.4 is 10.5 Å². The van der Waals surface area contributed by atoms with E-state index in [1.54, 1.807) is 26.4 Å². The minimum atomic E-state index is -0.641. The van der Waals surface area contributed by atoms with Crippen LogP contribution in [0.25, 0.3) is 0 Å². The molecule has 0 saturated carbocycles. The predicted molar refractivity (Wildman–Crippen MR) is 119 cm³/mol. The first-order valence-electron chi connectivity index (χ1n) is 9.60. The monoisotopic (exact) mass is 493 g/mol. The van der Waals surface area contributed by atoms with E-state index in [0.717, 1.165) is 5.70 Å². The third kappa shape index (κ3) is 3.96. The molecule has 1 atom stereocenters. The number of hydrogen-bond donors (Lipinski definition) is 1. The number of allylic oxidation sites excluding steroid dienone is 3. The number of Topliss-reactive ketones (excluding diaryl/α,β-unsaturated/α-hetero) is 1. The fraction of sp³-hybridized carbons (Fsp3) is 0.455. The quantitative estimate of drug-likeness (QED) is 0.649. The van der Waals surface area contributed by atoms with E-state index >= 15 is 0 Å². The van der Waals surface area contributed by atoms with Gasteiger partial charge in [-0.3, -0.25) is 4.79 Å². The van der Waals surface area contributed by atoms with Gasteiger partial charge >= 0.3 is 0 Å². The summed E-state index contributed by atoms with van der Waals surface area (Å²) in [6, 6.07) is 5.70. The van der Waals surface area contributed by atoms with Crippen molar-refractivity contribution in [1.82, 2.24) is 4.90 Å². The van der Waals surface area contributed by atoms with Crippen molar-refractivity contribution in [3.63, 3.8) is 0 Å². The third-order valence-electron chi connectivity index (χ3n) is 5.56. The minimum Gasteiger partial charge on any atom is -0.495 e. The van der Waals surface area contributed by atoms with E-state index in [2.05, 4.69) is 35.8 Å². The molecule has 3 rings (SSSR count). The van der Waals surface area contributed by atoms with Crippen LogP contribution in [-0.4, -0.2) is 38.1 Å². The maximum Gasteiger partial charge on any atom is 0.162 e. The molecule has 8 heteroatoms. The molecule has 0 saturated heterocycles. The lowest BCUT2D eigenvalue weighted by Gasteiger charge is -2.44. The van der Waals surface area contributed by atoms with E-state index in [0.29, 0.717) is 63.8 Å². The van der Waals surface area contributed by atoms with Crippen molar-refractivity contribution in [3.8, 4) is 11.8 Å². The number of carbonyl (C=O) groups is 1. The van der Waals surface area contributed by atoms with Crippen molar-refractivity contribution in [1.29, 1.82) is 5.26 Å². The van der Waals surface area contributed by atoms with Gasteiger partial charge in [0.2, 0.25) is 0 Å². The van der Waals surface area contributed by atoms with Crippen molar-refractivity contribution in [2.45, 2.75) is 32.6 Å². The largest absolute Gasteiger partial charge is 0.495 e. The third-order valence-corrected chi connectivity index (χ3v) is 6.37. The molecule has 2 N–H and O–H groups in total. The van der Waals surface area contributed by atoms with E-state index in [4.69, 9.17) is 26.8 Å². The second-order valence-electron chi connectivity index (χ2n) is 8.30. The van der Waals surface area contributed by atoms with Gasteiger partial charge < -0.3 is 20.1 Å². The van der Waals surface area contributed by atoms with Gasteiger partial charge in [0.1, 0.15) is 11.6 Å². The molecule has 30 heavy (non-hydrogen) atoms. The Morgan fingerprint density at radius 3 is 2.67 bits per heavy atom. The number of halogens is 2. The Morgan fingerprint density at radius 2 is 2.07 bits per heavy atom. The molecule has 1 aliphatic carbocycles. The van der Waals surface area contributed by atoms with E-state index in [1.165, 1.54) is 0 Å². The van der Waals surface area contributed by atoms with Crippen LogP contribution in [0, 0.1) is 16.7 Å². The number of ether oxygens (including phenoxy) is 2. The number of benzene rings is 1. The van der Waals surface area contributed by atoms with Gasteiger partial charge in [-0.25, -0.2) is 0 Å². The number of rotatable bonds is 5. The molecule has 0 spiro atoms. The van der Waals surface area contributed by atoms with Gasteiger partial charge in [0.25, 0.3) is 0 Å². The molecule has 160 valence electrons. The van der Waals surface area contributed by atoms with Gasteiger partial charge in [0.15, 0.2) is 5.78 Å². The van der Waals surface area contributed by atoms with Crippen molar-refractivity contribution >= 4 is 33.3 Å². The second kappa shape index (κ2) is 8.62. The van der Waals surface area contributed by atoms with Crippen LogP contribution in [-0.2, 0) is 9.53 Å². The van der Waals surface area contributed by atoms with Gasteiger partial charge in [-0.2, -0.15) is 5.26 Å². The SMILES string of the molecule is COCCN1C(N)=C(C#N)[C@H](c2cc(Cl)cc(Br)c2OC)C2=C1CC(C)(C)CC2=O. The van der Waals surface area contributed by atoms with Crippen molar-refractivity contribution in [2.24, 2.45) is 11.1 Å². The number of nitriles is 1. The molecule has 1 aromatic rings. The first kappa shape index (κ1) is 22.7. The summed E-state index contributed by atoms with van der Waals surface area (Å²) in [4.78, 5) is 15.3. The lowest BCUT2D eigenvalue weighted by Crippen LogP contribution is -2.43. The summed E-state index contributed by atoms with van der Waals surface area (Å²) in [6.07, 6.45) is 1.06. The fourth-order valence-electron chi connectivity index (χ4n) is 4.33. The van der Waals surface area contributed by atoms with E-state index in [9.17, 15) is 10.1 Å². The van der Waals surface area contributed by atoms with E-state index < -0.39 is 5.92 Å². The average molecular weight is 495 g/mol. The highest BCUT2D eigenvalue weighted by Crippen LogP contribution is 2.51. The Hall–Kier alpha value is -2.01. The molecule has 0 bridgehead atoms. The molecule has 2 aliphatic rings. The summed E-state index contributed by atoms with van der Waals surface area (Å²) >= 11 is 9.82. The molecule has 1 aliphatic heterocycles. The maximum atomic E-state index is 13.4. The summed E-state index contributed by atoms with van der Waals surface area (Å²) < 4.78 is 11.5. The molecule has 1 aromatic carbocycles. The fourth-order valence-corrected chi connectivity index (χ4v) is 5.33.